The summed E-state index contributed by atoms with van der Waals surface area (Å²) in [5.74, 6) is -1.52. The second-order valence-electron chi connectivity index (χ2n) is 9.58. The van der Waals surface area contributed by atoms with Crippen molar-refractivity contribution in [2.24, 2.45) is 5.92 Å². The standard InChI is InChI=1S/C27H32N2O6/c1-27(16-34-2,25(32)28-23-13-7-8-17(23)14-24(30)31)29-26(33)35-15-22-20-11-5-3-9-18(20)19-10-4-6-12-21(19)22/h3-6,9-12,17,22-23H,7-8,13-16H2,1-2H3,(H,28,32)(H,29,33)(H,30,31)/t17-,23+,27?/m0/s1. The van der Waals surface area contributed by atoms with Crippen molar-refractivity contribution in [1.29, 1.82) is 0 Å². The summed E-state index contributed by atoms with van der Waals surface area (Å²) in [5, 5.41) is 14.8. The van der Waals surface area contributed by atoms with E-state index in [1.165, 1.54) is 7.11 Å². The molecule has 4 rings (SSSR count). The van der Waals surface area contributed by atoms with Crippen molar-refractivity contribution in [2.75, 3.05) is 20.3 Å². The van der Waals surface area contributed by atoms with Gasteiger partial charge in [0.15, 0.2) is 0 Å². The molecule has 2 aliphatic rings. The van der Waals surface area contributed by atoms with Gasteiger partial charge in [-0.15, -0.1) is 0 Å². The van der Waals surface area contributed by atoms with Gasteiger partial charge in [-0.3, -0.25) is 9.59 Å². The molecule has 0 saturated heterocycles. The zero-order chi connectivity index (χ0) is 25.0. The van der Waals surface area contributed by atoms with E-state index in [1.807, 2.05) is 36.4 Å². The first-order chi connectivity index (χ1) is 16.8. The van der Waals surface area contributed by atoms with Gasteiger partial charge < -0.3 is 25.2 Å². The van der Waals surface area contributed by atoms with Crippen molar-refractivity contribution in [3.63, 3.8) is 0 Å². The molecule has 2 aromatic rings. The molecule has 8 nitrogen and oxygen atoms in total. The van der Waals surface area contributed by atoms with Crippen LogP contribution in [-0.4, -0.2) is 55.0 Å². The Morgan fingerprint density at radius 1 is 1.03 bits per heavy atom. The number of amides is 2. The minimum Gasteiger partial charge on any atom is -0.481 e. The molecule has 2 aromatic carbocycles. The van der Waals surface area contributed by atoms with Gasteiger partial charge in [0.2, 0.25) is 5.91 Å². The number of ether oxygens (including phenoxy) is 2. The fraction of sp³-hybridized carbons (Fsp3) is 0.444. The molecule has 0 aliphatic heterocycles. The van der Waals surface area contributed by atoms with Crippen LogP contribution in [0.25, 0.3) is 11.1 Å². The van der Waals surface area contributed by atoms with Gasteiger partial charge in [-0.2, -0.15) is 0 Å². The van der Waals surface area contributed by atoms with E-state index in [0.29, 0.717) is 6.42 Å². The number of carbonyl (C=O) groups is 3. The smallest absolute Gasteiger partial charge is 0.408 e. The molecular formula is C27H32N2O6. The Bertz CT molecular complexity index is 1060. The molecule has 0 aromatic heterocycles. The number of methoxy groups -OCH3 is 1. The Morgan fingerprint density at radius 3 is 2.26 bits per heavy atom. The molecule has 35 heavy (non-hydrogen) atoms. The molecule has 2 aliphatic carbocycles. The summed E-state index contributed by atoms with van der Waals surface area (Å²) in [6.45, 7) is 1.65. The van der Waals surface area contributed by atoms with Crippen molar-refractivity contribution in [2.45, 2.75) is 50.1 Å². The van der Waals surface area contributed by atoms with Crippen LogP contribution in [0, 0.1) is 5.92 Å². The second-order valence-corrected chi connectivity index (χ2v) is 9.58. The summed E-state index contributed by atoms with van der Waals surface area (Å²) in [4.78, 5) is 37.1. The Hall–Kier alpha value is -3.39. The van der Waals surface area contributed by atoms with Gasteiger partial charge in [-0.1, -0.05) is 55.0 Å². The van der Waals surface area contributed by atoms with E-state index >= 15 is 0 Å². The Kier molecular flexibility index (Phi) is 7.40. The average Bonchev–Trinajstić information content (AvgIpc) is 3.39. The molecule has 0 radical (unpaired) electrons. The molecule has 3 N–H and O–H groups in total. The molecule has 0 heterocycles. The molecule has 3 atom stereocenters. The first-order valence-corrected chi connectivity index (χ1v) is 12.0. The van der Waals surface area contributed by atoms with Crippen LogP contribution in [0.5, 0.6) is 0 Å². The number of carboxylic acids is 1. The summed E-state index contributed by atoms with van der Waals surface area (Å²) in [5.41, 5.74) is 3.10. The lowest BCUT2D eigenvalue weighted by Gasteiger charge is -2.31. The van der Waals surface area contributed by atoms with Crippen molar-refractivity contribution >= 4 is 18.0 Å². The lowest BCUT2D eigenvalue weighted by molar-refractivity contribution is -0.139. The third kappa shape index (κ3) is 5.32. The van der Waals surface area contributed by atoms with Crippen LogP contribution in [-0.2, 0) is 19.1 Å². The molecule has 0 spiro atoms. The van der Waals surface area contributed by atoms with E-state index < -0.39 is 23.5 Å². The van der Waals surface area contributed by atoms with Gasteiger partial charge in [0, 0.05) is 19.1 Å². The molecule has 0 bridgehead atoms. The van der Waals surface area contributed by atoms with Gasteiger partial charge in [-0.05, 0) is 47.9 Å². The van der Waals surface area contributed by atoms with Gasteiger partial charge in [0.25, 0.3) is 0 Å². The zero-order valence-electron chi connectivity index (χ0n) is 20.1. The number of nitrogens with one attached hydrogen (secondary N) is 2. The van der Waals surface area contributed by atoms with Gasteiger partial charge in [-0.25, -0.2) is 4.79 Å². The van der Waals surface area contributed by atoms with Crippen LogP contribution in [0.4, 0.5) is 4.79 Å². The molecular weight excluding hydrogens is 448 g/mol. The fourth-order valence-electron chi connectivity index (χ4n) is 5.33. The lowest BCUT2D eigenvalue weighted by atomic mass is 9.97. The number of benzene rings is 2. The normalized spacial score (nSPS) is 20.4. The minimum absolute atomic E-state index is 0.00570. The highest BCUT2D eigenvalue weighted by atomic mass is 16.5. The van der Waals surface area contributed by atoms with Crippen LogP contribution in [0.1, 0.15) is 49.7 Å². The number of alkyl carbamates (subject to hydrolysis) is 1. The highest BCUT2D eigenvalue weighted by Gasteiger charge is 2.40. The van der Waals surface area contributed by atoms with E-state index in [1.54, 1.807) is 6.92 Å². The number of aliphatic carboxylic acids is 1. The summed E-state index contributed by atoms with van der Waals surface area (Å²) < 4.78 is 10.8. The summed E-state index contributed by atoms with van der Waals surface area (Å²) >= 11 is 0. The first-order valence-electron chi connectivity index (χ1n) is 12.0. The fourth-order valence-corrected chi connectivity index (χ4v) is 5.33. The van der Waals surface area contributed by atoms with Gasteiger partial charge in [0.1, 0.15) is 12.1 Å². The van der Waals surface area contributed by atoms with Crippen molar-refractivity contribution < 1.29 is 29.0 Å². The van der Waals surface area contributed by atoms with E-state index in [9.17, 15) is 14.4 Å². The molecule has 186 valence electrons. The average molecular weight is 481 g/mol. The number of carbonyl (C=O) groups excluding carboxylic acids is 2. The van der Waals surface area contributed by atoms with Crippen LogP contribution < -0.4 is 10.6 Å². The summed E-state index contributed by atoms with van der Waals surface area (Å²) in [6, 6.07) is 15.9. The number of hydrogen-bond donors (Lipinski definition) is 3. The van der Waals surface area contributed by atoms with Crippen molar-refractivity contribution in [1.82, 2.24) is 10.6 Å². The Labute approximate surface area is 205 Å². The van der Waals surface area contributed by atoms with E-state index in [4.69, 9.17) is 14.6 Å². The maximum Gasteiger partial charge on any atom is 0.408 e. The maximum atomic E-state index is 13.2. The highest BCUT2D eigenvalue weighted by Crippen LogP contribution is 2.44. The number of fused-ring (bicyclic) bond motifs is 3. The largest absolute Gasteiger partial charge is 0.481 e. The Morgan fingerprint density at radius 2 is 1.66 bits per heavy atom. The number of hydrogen-bond acceptors (Lipinski definition) is 5. The number of rotatable bonds is 9. The molecule has 8 heteroatoms. The van der Waals surface area contributed by atoms with Crippen LogP contribution >= 0.6 is 0 Å². The molecule has 1 fully saturated rings. The van der Waals surface area contributed by atoms with E-state index in [-0.39, 0.29) is 37.5 Å². The summed E-state index contributed by atoms with van der Waals surface area (Å²) in [7, 11) is 1.45. The maximum absolute atomic E-state index is 13.2. The minimum atomic E-state index is -1.37. The number of carboxylic acid groups (broad SMARTS) is 1. The second kappa shape index (κ2) is 10.5. The monoisotopic (exact) mass is 480 g/mol. The molecule has 2 amide bonds. The predicted molar refractivity (Wildman–Crippen MR) is 130 cm³/mol. The third-order valence-electron chi connectivity index (χ3n) is 7.07. The van der Waals surface area contributed by atoms with Crippen LogP contribution in [0.3, 0.4) is 0 Å². The van der Waals surface area contributed by atoms with Gasteiger partial charge in [0.05, 0.1) is 13.0 Å². The third-order valence-corrected chi connectivity index (χ3v) is 7.07. The molecule has 1 unspecified atom stereocenters. The van der Waals surface area contributed by atoms with Crippen LogP contribution in [0.15, 0.2) is 48.5 Å². The van der Waals surface area contributed by atoms with Gasteiger partial charge >= 0.3 is 12.1 Å². The SMILES string of the molecule is COCC(C)(NC(=O)OCC1c2ccccc2-c2ccccc21)C(=O)N[C@@H]1CCC[C@H]1CC(=O)O. The van der Waals surface area contributed by atoms with Crippen molar-refractivity contribution in [3.05, 3.63) is 59.7 Å². The lowest BCUT2D eigenvalue weighted by Crippen LogP contribution is -2.61. The first kappa shape index (κ1) is 24.7. The Balaban J connectivity index is 1.41. The quantitative estimate of drug-likeness (QED) is 0.504. The zero-order valence-corrected chi connectivity index (χ0v) is 20.1. The van der Waals surface area contributed by atoms with E-state index in [2.05, 4.69) is 22.8 Å². The highest BCUT2D eigenvalue weighted by molar-refractivity contribution is 5.90. The van der Waals surface area contributed by atoms with E-state index in [0.717, 1.165) is 35.1 Å². The molecule has 1 saturated carbocycles. The predicted octanol–water partition coefficient (Wildman–Crippen LogP) is 3.69. The summed E-state index contributed by atoms with van der Waals surface area (Å²) in [6.07, 6.45) is 1.60. The topological polar surface area (TPSA) is 114 Å². The van der Waals surface area contributed by atoms with Crippen LogP contribution in [0.2, 0.25) is 0 Å². The van der Waals surface area contributed by atoms with Crippen molar-refractivity contribution in [3.8, 4) is 11.1 Å².